The molecular weight excluding hydrogens is 495 g/mol. The predicted molar refractivity (Wildman–Crippen MR) is 132 cm³/mol. The minimum atomic E-state index is -1.91. The van der Waals surface area contributed by atoms with Crippen LogP contribution in [-0.4, -0.2) is 15.9 Å². The Morgan fingerprint density at radius 2 is 1.33 bits per heavy atom. The minimum absolute atomic E-state index is 0. The molecule has 5 rings (SSSR count). The van der Waals surface area contributed by atoms with E-state index in [0.29, 0.717) is 0 Å². The Labute approximate surface area is 205 Å². The lowest BCUT2D eigenvalue weighted by atomic mass is 10.1. The summed E-state index contributed by atoms with van der Waals surface area (Å²) < 4.78 is 6.89. The highest BCUT2D eigenvalue weighted by Crippen LogP contribution is 2.56. The molecule has 0 unspecified atom stereocenters. The maximum Gasteiger partial charge on any atom is 0.441 e. The molecule has 0 N–H and O–H groups in total. The van der Waals surface area contributed by atoms with Crippen molar-refractivity contribution in [1.29, 1.82) is 0 Å². The number of hydrogen-bond acceptors (Lipinski definition) is 3. The normalized spacial score (nSPS) is 15.8. The zero-order valence-corrected chi connectivity index (χ0v) is 21.0. The van der Waals surface area contributed by atoms with E-state index in [2.05, 4.69) is 96.2 Å². The Morgan fingerprint density at radius 1 is 0.818 bits per heavy atom. The Kier molecular flexibility index (Phi) is 7.62. The minimum Gasteiger partial charge on any atom is -1.00 e. The second-order valence-electron chi connectivity index (χ2n) is 8.46. The van der Waals surface area contributed by atoms with Crippen LogP contribution in [0.25, 0.3) is 0 Å². The van der Waals surface area contributed by atoms with Gasteiger partial charge in [-0.25, -0.2) is 4.79 Å². The molecule has 0 spiro atoms. The number of hydrogen-bond donors (Lipinski definition) is 0. The summed E-state index contributed by atoms with van der Waals surface area (Å²) in [5.41, 5.74) is 0. The first kappa shape index (κ1) is 23.7. The van der Waals surface area contributed by atoms with E-state index in [4.69, 9.17) is 4.52 Å². The third-order valence-electron chi connectivity index (χ3n) is 6.65. The molecule has 1 aromatic heterocycles. The molecule has 0 saturated carbocycles. The molecule has 1 atom stereocenters. The van der Waals surface area contributed by atoms with Crippen molar-refractivity contribution in [2.24, 2.45) is 0 Å². The van der Waals surface area contributed by atoms with Gasteiger partial charge in [0.25, 0.3) is 0 Å². The fraction of sp³-hybridized carbons (Fsp3) is 0.259. The van der Waals surface area contributed by atoms with Crippen molar-refractivity contribution in [1.82, 2.24) is 9.72 Å². The molecule has 0 saturated heterocycles. The van der Waals surface area contributed by atoms with Gasteiger partial charge in [0.1, 0.15) is 23.2 Å². The van der Waals surface area contributed by atoms with Crippen molar-refractivity contribution < 1.29 is 21.5 Å². The first-order chi connectivity index (χ1) is 15.8. The maximum absolute atomic E-state index is 12.5. The van der Waals surface area contributed by atoms with E-state index in [9.17, 15) is 4.79 Å². The van der Waals surface area contributed by atoms with Crippen LogP contribution in [0.1, 0.15) is 37.5 Å². The van der Waals surface area contributed by atoms with Gasteiger partial charge in [-0.1, -0.05) is 66.2 Å². The van der Waals surface area contributed by atoms with Crippen LogP contribution in [0.15, 0.2) is 100 Å². The standard InChI is InChI=1S/C27H28N2O2P.BrH/c30-27-29-22(12-10-11-19-26(29)28-31-27)20-21-32(23-13-4-1-5-14-23,24-15-6-2-7-16-24)25-17-8-3-9-18-25;/h1-9,13-18,22H,10-12,19-21H2;1H/q+1;/p-1/t22-;/m1./s1. The Bertz CT molecular complexity index is 1110. The molecule has 1 aliphatic heterocycles. The van der Waals surface area contributed by atoms with Gasteiger partial charge in [-0.15, -0.1) is 0 Å². The number of aryl methyl sites for hydroxylation is 1. The molecule has 0 aliphatic carbocycles. The molecule has 6 heteroatoms. The zero-order chi connectivity index (χ0) is 21.8. The number of halogens is 1. The monoisotopic (exact) mass is 522 g/mol. The predicted octanol–water partition coefficient (Wildman–Crippen LogP) is 1.49. The molecule has 170 valence electrons. The SMILES string of the molecule is O=c1onc2n1[C@@H](CC[P+](c1ccccc1)(c1ccccc1)c1ccccc1)CCCC2.[Br-]. The lowest BCUT2D eigenvalue weighted by Crippen LogP contribution is -3.00. The average molecular weight is 523 g/mol. The van der Waals surface area contributed by atoms with E-state index in [1.165, 1.54) is 15.9 Å². The highest BCUT2D eigenvalue weighted by molar-refractivity contribution is 7.95. The van der Waals surface area contributed by atoms with Crippen molar-refractivity contribution >= 4 is 23.2 Å². The van der Waals surface area contributed by atoms with E-state index in [-0.39, 0.29) is 28.8 Å². The zero-order valence-electron chi connectivity index (χ0n) is 18.5. The number of fused-ring (bicyclic) bond motifs is 1. The highest BCUT2D eigenvalue weighted by atomic mass is 79.9. The summed E-state index contributed by atoms with van der Waals surface area (Å²) in [7, 11) is -1.91. The molecule has 0 fully saturated rings. The number of benzene rings is 3. The topological polar surface area (TPSA) is 48.0 Å². The Hall–Kier alpha value is -2.49. The number of rotatable bonds is 6. The second-order valence-corrected chi connectivity index (χ2v) is 12.1. The van der Waals surface area contributed by atoms with E-state index < -0.39 is 7.26 Å². The van der Waals surface area contributed by atoms with Crippen LogP contribution < -0.4 is 38.7 Å². The Balaban J connectivity index is 0.00000259. The van der Waals surface area contributed by atoms with Gasteiger partial charge in [-0.2, -0.15) is 0 Å². The van der Waals surface area contributed by atoms with Gasteiger partial charge in [-0.3, -0.25) is 9.09 Å². The Morgan fingerprint density at radius 3 is 1.85 bits per heavy atom. The first-order valence-electron chi connectivity index (χ1n) is 11.4. The maximum atomic E-state index is 12.5. The summed E-state index contributed by atoms with van der Waals surface area (Å²) in [6.07, 6.45) is 5.89. The molecule has 0 bridgehead atoms. The number of nitrogens with zero attached hydrogens (tertiary/aromatic N) is 2. The van der Waals surface area contributed by atoms with Crippen molar-refractivity contribution in [2.45, 2.75) is 38.1 Å². The molecular formula is C27H28BrN2O2P. The van der Waals surface area contributed by atoms with Crippen molar-refractivity contribution in [3.05, 3.63) is 107 Å². The van der Waals surface area contributed by atoms with Gasteiger partial charge >= 0.3 is 5.76 Å². The third kappa shape index (κ3) is 4.62. The van der Waals surface area contributed by atoms with Crippen molar-refractivity contribution in [3.8, 4) is 0 Å². The lowest BCUT2D eigenvalue weighted by molar-refractivity contribution is -0.00000690. The van der Waals surface area contributed by atoms with E-state index in [1.54, 1.807) is 0 Å². The van der Waals surface area contributed by atoms with Gasteiger partial charge < -0.3 is 17.0 Å². The third-order valence-corrected chi connectivity index (χ3v) is 11.1. The van der Waals surface area contributed by atoms with Crippen molar-refractivity contribution in [3.63, 3.8) is 0 Å². The van der Waals surface area contributed by atoms with Crippen LogP contribution >= 0.6 is 7.26 Å². The number of aromatic nitrogens is 2. The van der Waals surface area contributed by atoms with Gasteiger partial charge in [0.2, 0.25) is 0 Å². The molecule has 4 nitrogen and oxygen atoms in total. The quantitative estimate of drug-likeness (QED) is 0.360. The lowest BCUT2D eigenvalue weighted by Gasteiger charge is -2.29. The molecule has 3 aromatic carbocycles. The van der Waals surface area contributed by atoms with Gasteiger partial charge in [0.05, 0.1) is 6.16 Å². The highest BCUT2D eigenvalue weighted by Gasteiger charge is 2.45. The molecule has 1 aliphatic rings. The fourth-order valence-corrected chi connectivity index (χ4v) is 9.50. The van der Waals surface area contributed by atoms with Crippen LogP contribution in [0.4, 0.5) is 0 Å². The smallest absolute Gasteiger partial charge is 0.441 e. The molecule has 4 aromatic rings. The van der Waals surface area contributed by atoms with Crippen LogP contribution in [0.5, 0.6) is 0 Å². The van der Waals surface area contributed by atoms with Crippen LogP contribution in [0.3, 0.4) is 0 Å². The van der Waals surface area contributed by atoms with Crippen LogP contribution in [-0.2, 0) is 6.42 Å². The summed E-state index contributed by atoms with van der Waals surface area (Å²) >= 11 is 0. The van der Waals surface area contributed by atoms with Crippen molar-refractivity contribution in [2.75, 3.05) is 6.16 Å². The molecule has 33 heavy (non-hydrogen) atoms. The summed E-state index contributed by atoms with van der Waals surface area (Å²) in [4.78, 5) is 12.5. The van der Waals surface area contributed by atoms with E-state index in [0.717, 1.165) is 44.1 Å². The van der Waals surface area contributed by atoms with Crippen LogP contribution in [0, 0.1) is 0 Å². The largest absolute Gasteiger partial charge is 1.00 e. The van der Waals surface area contributed by atoms with E-state index in [1.807, 2.05) is 4.57 Å². The summed E-state index contributed by atoms with van der Waals surface area (Å²) in [5, 5.41) is 8.21. The van der Waals surface area contributed by atoms with E-state index >= 15 is 0 Å². The summed E-state index contributed by atoms with van der Waals surface area (Å²) in [6.45, 7) is 0. The average Bonchev–Trinajstić information content (AvgIpc) is 3.10. The second kappa shape index (κ2) is 10.6. The van der Waals surface area contributed by atoms with Crippen LogP contribution in [0.2, 0.25) is 0 Å². The molecule has 2 heterocycles. The van der Waals surface area contributed by atoms with Gasteiger partial charge in [-0.05, 0) is 49.2 Å². The van der Waals surface area contributed by atoms with Gasteiger partial charge in [0.15, 0.2) is 5.82 Å². The summed E-state index contributed by atoms with van der Waals surface area (Å²) in [6, 6.07) is 32.9. The fourth-order valence-electron chi connectivity index (χ4n) is 5.10. The molecule has 0 amide bonds. The first-order valence-corrected chi connectivity index (χ1v) is 13.4. The molecule has 0 radical (unpaired) electrons. The summed E-state index contributed by atoms with van der Waals surface area (Å²) in [5.74, 6) is 0.496. The van der Waals surface area contributed by atoms with Gasteiger partial charge in [0, 0.05) is 18.9 Å².